The average molecular weight is 623 g/mol. The number of methoxy groups -OCH3 is 3. The van der Waals surface area contributed by atoms with Crippen molar-refractivity contribution in [1.82, 2.24) is 0 Å². The summed E-state index contributed by atoms with van der Waals surface area (Å²) in [6.45, 7) is 4.71. The molecule has 0 fully saturated rings. The highest BCUT2D eigenvalue weighted by molar-refractivity contribution is 5.92. The Labute approximate surface area is 267 Å². The maximum Gasteiger partial charge on any atom is 0.343 e. The van der Waals surface area contributed by atoms with E-state index in [1.165, 1.54) is 39.0 Å². The number of esters is 1. The van der Waals surface area contributed by atoms with Crippen LogP contribution in [0.1, 0.15) is 45.5 Å². The van der Waals surface area contributed by atoms with Crippen LogP contribution in [0.25, 0.3) is 0 Å². The second-order valence-corrected chi connectivity index (χ2v) is 10.3. The number of nitrogens with two attached hydrogens (primary N) is 1. The Morgan fingerprint density at radius 3 is 2.22 bits per heavy atom. The van der Waals surface area contributed by atoms with Crippen molar-refractivity contribution in [1.29, 1.82) is 5.26 Å². The maximum absolute atomic E-state index is 13.1. The average Bonchev–Trinajstić information content (AvgIpc) is 3.07. The number of aryl methyl sites for hydroxylation is 1. The van der Waals surface area contributed by atoms with Gasteiger partial charge in [-0.25, -0.2) is 4.79 Å². The number of carbonyl (C=O) groups is 1. The van der Waals surface area contributed by atoms with Crippen LogP contribution in [0.3, 0.4) is 0 Å². The van der Waals surface area contributed by atoms with Crippen LogP contribution in [0.15, 0.2) is 84.3 Å². The first kappa shape index (κ1) is 31.6. The standard InChI is InChI=1S/C36H34N2O8/c1-6-43-30-15-23(11-14-28(30)44-20-22-9-7-21(2)8-10-22)33-26-13-12-25(18-29(26)46-35(38)27(33)19-37)45-36(39)24-16-31(40-3)34(42-5)32(17-24)41-4/h7-18,33H,6,20,38H2,1-5H3. The van der Waals surface area contributed by atoms with Crippen LogP contribution in [0.2, 0.25) is 0 Å². The van der Waals surface area contributed by atoms with E-state index in [0.717, 1.165) is 11.1 Å². The second-order valence-electron chi connectivity index (χ2n) is 10.3. The lowest BCUT2D eigenvalue weighted by atomic mass is 9.83. The molecule has 2 N–H and O–H groups in total. The Kier molecular flexibility index (Phi) is 9.53. The third-order valence-electron chi connectivity index (χ3n) is 7.42. The van der Waals surface area contributed by atoms with Gasteiger partial charge in [-0.05, 0) is 55.3 Å². The summed E-state index contributed by atoms with van der Waals surface area (Å²) in [6.07, 6.45) is 0. The first-order valence-electron chi connectivity index (χ1n) is 14.5. The van der Waals surface area contributed by atoms with Gasteiger partial charge in [0.05, 0.1) is 39.4 Å². The van der Waals surface area contributed by atoms with Crippen molar-refractivity contribution in [2.45, 2.75) is 26.4 Å². The molecule has 5 rings (SSSR count). The van der Waals surface area contributed by atoms with E-state index in [4.69, 9.17) is 38.9 Å². The normalized spacial score (nSPS) is 13.5. The monoisotopic (exact) mass is 622 g/mol. The Bertz CT molecular complexity index is 1800. The smallest absolute Gasteiger partial charge is 0.343 e. The van der Waals surface area contributed by atoms with Crippen molar-refractivity contribution in [3.8, 4) is 46.3 Å². The summed E-state index contributed by atoms with van der Waals surface area (Å²) in [4.78, 5) is 13.1. The summed E-state index contributed by atoms with van der Waals surface area (Å²) in [5, 5.41) is 10.1. The number of carbonyl (C=O) groups excluding carboxylic acids is 1. The second kappa shape index (κ2) is 13.9. The van der Waals surface area contributed by atoms with Gasteiger partial charge in [-0.3, -0.25) is 0 Å². The van der Waals surface area contributed by atoms with Gasteiger partial charge in [0.15, 0.2) is 23.0 Å². The quantitative estimate of drug-likeness (QED) is 0.147. The molecule has 1 atom stereocenters. The molecule has 236 valence electrons. The van der Waals surface area contributed by atoms with Gasteiger partial charge in [0.1, 0.15) is 29.7 Å². The largest absolute Gasteiger partial charge is 0.493 e. The highest BCUT2D eigenvalue weighted by Crippen LogP contribution is 2.45. The lowest BCUT2D eigenvalue weighted by Gasteiger charge is -2.27. The molecule has 0 spiro atoms. The van der Waals surface area contributed by atoms with Gasteiger partial charge in [0.2, 0.25) is 11.6 Å². The van der Waals surface area contributed by atoms with Crippen LogP contribution in [-0.2, 0) is 6.61 Å². The van der Waals surface area contributed by atoms with Gasteiger partial charge in [-0.1, -0.05) is 42.0 Å². The summed E-state index contributed by atoms with van der Waals surface area (Å²) >= 11 is 0. The molecule has 1 heterocycles. The molecule has 1 aliphatic heterocycles. The van der Waals surface area contributed by atoms with E-state index in [1.807, 2.05) is 56.3 Å². The highest BCUT2D eigenvalue weighted by atomic mass is 16.5. The summed E-state index contributed by atoms with van der Waals surface area (Å²) < 4.78 is 39.6. The molecule has 0 amide bonds. The van der Waals surface area contributed by atoms with Gasteiger partial charge < -0.3 is 38.9 Å². The molecule has 0 aromatic heterocycles. The zero-order valence-corrected chi connectivity index (χ0v) is 26.2. The number of benzene rings is 4. The number of allylic oxidation sites excluding steroid dienone is 1. The number of ether oxygens (including phenoxy) is 7. The predicted molar refractivity (Wildman–Crippen MR) is 170 cm³/mol. The summed E-state index contributed by atoms with van der Waals surface area (Å²) in [5.41, 5.74) is 10.3. The van der Waals surface area contributed by atoms with Crippen LogP contribution in [0, 0.1) is 18.3 Å². The molecule has 0 bridgehead atoms. The third-order valence-corrected chi connectivity index (χ3v) is 7.42. The maximum atomic E-state index is 13.1. The molecule has 4 aromatic rings. The fourth-order valence-corrected chi connectivity index (χ4v) is 5.14. The molecule has 0 saturated heterocycles. The molecule has 0 radical (unpaired) electrons. The van der Waals surface area contributed by atoms with E-state index in [-0.39, 0.29) is 22.8 Å². The van der Waals surface area contributed by atoms with Gasteiger partial charge in [0, 0.05) is 11.6 Å². The first-order chi connectivity index (χ1) is 22.3. The van der Waals surface area contributed by atoms with Gasteiger partial charge in [-0.2, -0.15) is 5.26 Å². The highest BCUT2D eigenvalue weighted by Gasteiger charge is 2.32. The Morgan fingerprint density at radius 1 is 0.870 bits per heavy atom. The predicted octanol–water partition coefficient (Wildman–Crippen LogP) is 6.44. The zero-order valence-electron chi connectivity index (χ0n) is 26.2. The minimum atomic E-state index is -0.657. The lowest BCUT2D eigenvalue weighted by molar-refractivity contribution is 0.0733. The van der Waals surface area contributed by atoms with Crippen LogP contribution in [0.4, 0.5) is 0 Å². The molecule has 1 aliphatic rings. The molecule has 10 nitrogen and oxygen atoms in total. The van der Waals surface area contributed by atoms with Crippen LogP contribution < -0.4 is 38.9 Å². The number of rotatable bonds is 11. The van der Waals surface area contributed by atoms with E-state index in [2.05, 4.69) is 6.07 Å². The van der Waals surface area contributed by atoms with E-state index in [1.54, 1.807) is 18.2 Å². The lowest BCUT2D eigenvalue weighted by Crippen LogP contribution is -2.21. The van der Waals surface area contributed by atoms with Crippen molar-refractivity contribution < 1.29 is 38.0 Å². The Hall–Kier alpha value is -5.82. The molecule has 0 aliphatic carbocycles. The number of fused-ring (bicyclic) bond motifs is 1. The number of hydrogen-bond donors (Lipinski definition) is 1. The van der Waals surface area contributed by atoms with Crippen LogP contribution in [-0.4, -0.2) is 33.9 Å². The minimum Gasteiger partial charge on any atom is -0.493 e. The van der Waals surface area contributed by atoms with Gasteiger partial charge in [0.25, 0.3) is 0 Å². The third kappa shape index (κ3) is 6.49. The van der Waals surface area contributed by atoms with E-state index in [9.17, 15) is 10.1 Å². The summed E-state index contributed by atoms with van der Waals surface area (Å²) in [7, 11) is 4.39. The first-order valence-corrected chi connectivity index (χ1v) is 14.5. The molecule has 1 unspecified atom stereocenters. The molecule has 10 heteroatoms. The minimum absolute atomic E-state index is 0.0502. The Balaban J connectivity index is 1.44. The summed E-state index contributed by atoms with van der Waals surface area (Å²) in [6, 6.07) is 23.8. The number of nitrogens with zero attached hydrogens (tertiary/aromatic N) is 1. The molecule has 0 saturated carbocycles. The fraction of sp³-hybridized carbons (Fsp3) is 0.222. The van der Waals surface area contributed by atoms with Crippen molar-refractivity contribution in [2.24, 2.45) is 5.73 Å². The van der Waals surface area contributed by atoms with Gasteiger partial charge >= 0.3 is 5.97 Å². The topological polar surface area (TPSA) is 131 Å². The van der Waals surface area contributed by atoms with Crippen molar-refractivity contribution in [2.75, 3.05) is 27.9 Å². The SMILES string of the molecule is CCOc1cc(C2C(C#N)=C(N)Oc3cc(OC(=O)c4cc(OC)c(OC)c(OC)c4)ccc32)ccc1OCc1ccc(C)cc1. The van der Waals surface area contributed by atoms with Crippen LogP contribution in [0.5, 0.6) is 40.2 Å². The van der Waals surface area contributed by atoms with E-state index >= 15 is 0 Å². The zero-order chi connectivity index (χ0) is 32.8. The Morgan fingerprint density at radius 2 is 1.59 bits per heavy atom. The molecular weight excluding hydrogens is 588 g/mol. The van der Waals surface area contributed by atoms with Crippen LogP contribution >= 0.6 is 0 Å². The fourth-order valence-electron chi connectivity index (χ4n) is 5.14. The van der Waals surface area contributed by atoms with Crippen molar-refractivity contribution in [3.05, 3.63) is 112 Å². The molecule has 4 aromatic carbocycles. The van der Waals surface area contributed by atoms with Gasteiger partial charge in [-0.15, -0.1) is 0 Å². The molecule has 46 heavy (non-hydrogen) atoms. The molecular formula is C36H34N2O8. The number of nitriles is 1. The summed E-state index contributed by atoms with van der Waals surface area (Å²) in [5.74, 6) is 1.35. The van der Waals surface area contributed by atoms with Crippen molar-refractivity contribution in [3.63, 3.8) is 0 Å². The number of hydrogen-bond acceptors (Lipinski definition) is 10. The van der Waals surface area contributed by atoms with Crippen molar-refractivity contribution >= 4 is 5.97 Å². The van der Waals surface area contributed by atoms with E-state index in [0.29, 0.717) is 53.3 Å². The van der Waals surface area contributed by atoms with E-state index < -0.39 is 11.9 Å².